The van der Waals surface area contributed by atoms with Crippen molar-refractivity contribution in [3.63, 3.8) is 0 Å². The molecule has 1 aliphatic carbocycles. The third-order valence-electron chi connectivity index (χ3n) is 3.29. The van der Waals surface area contributed by atoms with Gasteiger partial charge in [0.1, 0.15) is 6.04 Å². The number of nitrogens with one attached hydrogen (secondary N) is 2. The summed E-state index contributed by atoms with van der Waals surface area (Å²) >= 11 is 0. The Labute approximate surface area is 108 Å². The van der Waals surface area contributed by atoms with Crippen LogP contribution in [0.4, 0.5) is 4.79 Å². The maximum absolute atomic E-state index is 11.7. The molecule has 0 aromatic heterocycles. The quantitative estimate of drug-likeness (QED) is 0.703. The summed E-state index contributed by atoms with van der Waals surface area (Å²) in [6, 6.07) is -1.03. The molecule has 0 aromatic carbocycles. The molecule has 0 heterocycles. The van der Waals surface area contributed by atoms with E-state index < -0.39 is 17.4 Å². The van der Waals surface area contributed by atoms with Gasteiger partial charge in [0, 0.05) is 6.04 Å². The van der Waals surface area contributed by atoms with Gasteiger partial charge in [0.15, 0.2) is 0 Å². The van der Waals surface area contributed by atoms with Crippen LogP contribution in [-0.2, 0) is 4.79 Å². The lowest BCUT2D eigenvalue weighted by molar-refractivity contribution is -0.141. The Hall–Kier alpha value is -1.26. The fourth-order valence-electron chi connectivity index (χ4n) is 2.10. The van der Waals surface area contributed by atoms with E-state index in [2.05, 4.69) is 17.6 Å². The normalized spacial score (nSPS) is 24.2. The molecule has 0 aromatic rings. The summed E-state index contributed by atoms with van der Waals surface area (Å²) in [6.45, 7) is 7.50. The van der Waals surface area contributed by atoms with Crippen LogP contribution in [0.25, 0.3) is 0 Å². The molecule has 3 N–H and O–H groups in total. The van der Waals surface area contributed by atoms with E-state index in [1.165, 1.54) is 0 Å². The van der Waals surface area contributed by atoms with Crippen molar-refractivity contribution in [2.45, 2.75) is 59.0 Å². The fraction of sp³-hybridized carbons (Fsp3) is 0.846. The second kappa shape index (κ2) is 5.59. The van der Waals surface area contributed by atoms with Gasteiger partial charge in [-0.15, -0.1) is 0 Å². The lowest BCUT2D eigenvalue weighted by Gasteiger charge is -2.27. The van der Waals surface area contributed by atoms with Gasteiger partial charge in [-0.3, -0.25) is 0 Å². The number of carbonyl (C=O) groups is 2. The minimum atomic E-state index is -1.00. The van der Waals surface area contributed by atoms with E-state index in [4.69, 9.17) is 5.11 Å². The topological polar surface area (TPSA) is 78.4 Å². The molecule has 1 fully saturated rings. The van der Waals surface area contributed by atoms with Gasteiger partial charge in [-0.25, -0.2) is 9.59 Å². The highest BCUT2D eigenvalue weighted by Gasteiger charge is 2.39. The SMILES string of the molecule is CCCC1CC1NC(=O)N[C@H](C(=O)O)C(C)(C)C. The van der Waals surface area contributed by atoms with Gasteiger partial charge in [0.05, 0.1) is 0 Å². The van der Waals surface area contributed by atoms with E-state index in [0.717, 1.165) is 19.3 Å². The Morgan fingerprint density at radius 1 is 1.39 bits per heavy atom. The van der Waals surface area contributed by atoms with Gasteiger partial charge >= 0.3 is 12.0 Å². The molecule has 104 valence electrons. The molecule has 0 aliphatic heterocycles. The number of rotatable bonds is 5. The number of hydrogen-bond donors (Lipinski definition) is 3. The largest absolute Gasteiger partial charge is 0.480 e. The third kappa shape index (κ3) is 4.20. The minimum Gasteiger partial charge on any atom is -0.480 e. The number of carbonyl (C=O) groups excluding carboxylic acids is 1. The number of aliphatic carboxylic acids is 1. The zero-order valence-corrected chi connectivity index (χ0v) is 11.6. The van der Waals surface area contributed by atoms with Crippen LogP contribution in [0, 0.1) is 11.3 Å². The standard InChI is InChI=1S/C13H24N2O3/c1-5-6-8-7-9(8)14-12(18)15-10(11(16)17)13(2,3)4/h8-10H,5-7H2,1-4H3,(H,16,17)(H2,14,15,18)/t8?,9?,10-/m1/s1. The molecule has 2 amide bonds. The zero-order valence-electron chi connectivity index (χ0n) is 11.6. The van der Waals surface area contributed by atoms with Crippen LogP contribution in [0.2, 0.25) is 0 Å². The van der Waals surface area contributed by atoms with Gasteiger partial charge in [-0.05, 0) is 24.2 Å². The van der Waals surface area contributed by atoms with Crippen LogP contribution in [0.15, 0.2) is 0 Å². The van der Waals surface area contributed by atoms with Crippen LogP contribution in [-0.4, -0.2) is 29.2 Å². The maximum Gasteiger partial charge on any atom is 0.326 e. The van der Waals surface area contributed by atoms with Gasteiger partial charge < -0.3 is 15.7 Å². The first-order chi connectivity index (χ1) is 8.25. The summed E-state index contributed by atoms with van der Waals surface area (Å²) in [5.41, 5.74) is -0.504. The number of amides is 2. The molecular formula is C13H24N2O3. The fourth-order valence-corrected chi connectivity index (χ4v) is 2.10. The van der Waals surface area contributed by atoms with E-state index in [1.54, 1.807) is 20.8 Å². The van der Waals surface area contributed by atoms with Crippen LogP contribution >= 0.6 is 0 Å². The second-order valence-corrected chi connectivity index (χ2v) is 6.15. The van der Waals surface area contributed by atoms with Crippen molar-refractivity contribution in [1.82, 2.24) is 10.6 Å². The molecule has 0 bridgehead atoms. The zero-order chi connectivity index (χ0) is 13.9. The number of hydrogen-bond acceptors (Lipinski definition) is 2. The molecule has 2 unspecified atom stereocenters. The second-order valence-electron chi connectivity index (χ2n) is 6.15. The van der Waals surface area contributed by atoms with Crippen LogP contribution in [0.5, 0.6) is 0 Å². The first-order valence-electron chi connectivity index (χ1n) is 6.55. The van der Waals surface area contributed by atoms with Crippen molar-refractivity contribution < 1.29 is 14.7 Å². The van der Waals surface area contributed by atoms with Crippen molar-refractivity contribution in [3.8, 4) is 0 Å². The molecule has 18 heavy (non-hydrogen) atoms. The molecule has 5 nitrogen and oxygen atoms in total. The average Bonchev–Trinajstić information content (AvgIpc) is 2.91. The van der Waals surface area contributed by atoms with Crippen molar-refractivity contribution in [1.29, 1.82) is 0 Å². The number of carboxylic acids is 1. The summed E-state index contributed by atoms with van der Waals surface area (Å²) in [7, 11) is 0. The Morgan fingerprint density at radius 3 is 2.44 bits per heavy atom. The summed E-state index contributed by atoms with van der Waals surface area (Å²) in [5, 5.41) is 14.5. The molecule has 1 aliphatic rings. The molecule has 1 rings (SSSR count). The predicted molar refractivity (Wildman–Crippen MR) is 69.3 cm³/mol. The molecule has 0 radical (unpaired) electrons. The van der Waals surface area contributed by atoms with E-state index in [0.29, 0.717) is 5.92 Å². The molecular weight excluding hydrogens is 232 g/mol. The Balaban J connectivity index is 2.41. The summed E-state index contributed by atoms with van der Waals surface area (Å²) in [4.78, 5) is 22.8. The van der Waals surface area contributed by atoms with E-state index in [9.17, 15) is 9.59 Å². The third-order valence-corrected chi connectivity index (χ3v) is 3.29. The first-order valence-corrected chi connectivity index (χ1v) is 6.55. The molecule has 0 spiro atoms. The summed E-state index contributed by atoms with van der Waals surface area (Å²) in [6.07, 6.45) is 3.24. The van der Waals surface area contributed by atoms with E-state index >= 15 is 0 Å². The number of carboxylic acid groups (broad SMARTS) is 1. The Morgan fingerprint density at radius 2 is 2.00 bits per heavy atom. The summed E-state index contributed by atoms with van der Waals surface area (Å²) in [5.74, 6) is -0.433. The van der Waals surface area contributed by atoms with E-state index in [-0.39, 0.29) is 12.1 Å². The van der Waals surface area contributed by atoms with Gasteiger partial charge in [-0.2, -0.15) is 0 Å². The molecule has 1 saturated carbocycles. The molecule has 5 heteroatoms. The monoisotopic (exact) mass is 256 g/mol. The van der Waals surface area contributed by atoms with Crippen LogP contribution < -0.4 is 10.6 Å². The Bertz CT molecular complexity index is 323. The smallest absolute Gasteiger partial charge is 0.326 e. The highest BCUT2D eigenvalue weighted by atomic mass is 16.4. The first kappa shape index (κ1) is 14.8. The van der Waals surface area contributed by atoms with E-state index in [1.807, 2.05) is 0 Å². The number of urea groups is 1. The van der Waals surface area contributed by atoms with Crippen molar-refractivity contribution >= 4 is 12.0 Å². The highest BCUT2D eigenvalue weighted by molar-refractivity contribution is 5.83. The van der Waals surface area contributed by atoms with Gasteiger partial charge in [0.25, 0.3) is 0 Å². The maximum atomic E-state index is 11.7. The van der Waals surface area contributed by atoms with Crippen molar-refractivity contribution in [2.75, 3.05) is 0 Å². The lowest BCUT2D eigenvalue weighted by atomic mass is 9.87. The lowest BCUT2D eigenvalue weighted by Crippen LogP contribution is -2.52. The molecule has 0 saturated heterocycles. The van der Waals surface area contributed by atoms with Gasteiger partial charge in [0.2, 0.25) is 0 Å². The molecule has 3 atom stereocenters. The predicted octanol–water partition coefficient (Wildman–Crippen LogP) is 1.97. The van der Waals surface area contributed by atoms with Crippen molar-refractivity contribution in [2.24, 2.45) is 11.3 Å². The van der Waals surface area contributed by atoms with Crippen LogP contribution in [0.1, 0.15) is 47.0 Å². The Kier molecular flexibility index (Phi) is 4.59. The van der Waals surface area contributed by atoms with Crippen LogP contribution in [0.3, 0.4) is 0 Å². The summed E-state index contributed by atoms with van der Waals surface area (Å²) < 4.78 is 0. The highest BCUT2D eigenvalue weighted by Crippen LogP contribution is 2.34. The minimum absolute atomic E-state index is 0.222. The van der Waals surface area contributed by atoms with Crippen molar-refractivity contribution in [3.05, 3.63) is 0 Å². The van der Waals surface area contributed by atoms with Gasteiger partial charge in [-0.1, -0.05) is 34.1 Å². The average molecular weight is 256 g/mol.